The van der Waals surface area contributed by atoms with Crippen LogP contribution in [0.4, 0.5) is 0 Å². The maximum Gasteiger partial charge on any atom is 0.270 e. The van der Waals surface area contributed by atoms with Gasteiger partial charge in [-0.1, -0.05) is 13.8 Å². The topological polar surface area (TPSA) is 62.2 Å². The monoisotopic (exact) mass is 294 g/mol. The van der Waals surface area contributed by atoms with E-state index < -0.39 is 0 Å². The Kier molecular flexibility index (Phi) is 3.82. The minimum Gasteiger partial charge on any atom is -0.396 e. The number of thiazole rings is 1. The summed E-state index contributed by atoms with van der Waals surface area (Å²) in [4.78, 5) is 16.7. The maximum atomic E-state index is 12.3. The summed E-state index contributed by atoms with van der Waals surface area (Å²) in [5, 5.41) is 15.5. The molecule has 3 rings (SSSR count). The SMILES string of the molecule is CC(C)c1nc(C(=O)NC2C3CCC(C3)C2CO)cs1. The van der Waals surface area contributed by atoms with E-state index >= 15 is 0 Å². The van der Waals surface area contributed by atoms with E-state index in [0.29, 0.717) is 23.4 Å². The van der Waals surface area contributed by atoms with Gasteiger partial charge in [0, 0.05) is 29.9 Å². The molecule has 110 valence electrons. The molecule has 1 heterocycles. The van der Waals surface area contributed by atoms with Crippen molar-refractivity contribution in [1.82, 2.24) is 10.3 Å². The second-order valence-electron chi connectivity index (χ2n) is 6.40. The summed E-state index contributed by atoms with van der Waals surface area (Å²) in [6.07, 6.45) is 3.54. The Morgan fingerprint density at radius 3 is 2.90 bits per heavy atom. The number of amides is 1. The summed E-state index contributed by atoms with van der Waals surface area (Å²) >= 11 is 1.54. The molecule has 4 nitrogen and oxygen atoms in total. The van der Waals surface area contributed by atoms with E-state index in [-0.39, 0.29) is 24.5 Å². The fourth-order valence-corrected chi connectivity index (χ4v) is 4.60. The molecular weight excluding hydrogens is 272 g/mol. The van der Waals surface area contributed by atoms with Crippen molar-refractivity contribution < 1.29 is 9.90 Å². The zero-order valence-electron chi connectivity index (χ0n) is 12.0. The Hall–Kier alpha value is -0.940. The first-order valence-electron chi connectivity index (χ1n) is 7.47. The predicted octanol–water partition coefficient (Wildman–Crippen LogP) is 2.40. The van der Waals surface area contributed by atoms with Crippen molar-refractivity contribution in [3.8, 4) is 0 Å². The number of hydrogen-bond acceptors (Lipinski definition) is 4. The largest absolute Gasteiger partial charge is 0.396 e. The van der Waals surface area contributed by atoms with E-state index in [1.807, 2.05) is 5.38 Å². The number of nitrogens with zero attached hydrogens (tertiary/aromatic N) is 1. The molecule has 2 aliphatic rings. The molecule has 1 aromatic rings. The number of nitrogens with one attached hydrogen (secondary N) is 1. The molecule has 20 heavy (non-hydrogen) atoms. The van der Waals surface area contributed by atoms with Crippen molar-refractivity contribution >= 4 is 17.2 Å². The first-order chi connectivity index (χ1) is 9.60. The number of rotatable bonds is 4. The number of carbonyl (C=O) groups is 1. The van der Waals surface area contributed by atoms with Crippen LogP contribution in [0, 0.1) is 17.8 Å². The van der Waals surface area contributed by atoms with Gasteiger partial charge in [-0.2, -0.15) is 0 Å². The van der Waals surface area contributed by atoms with Crippen molar-refractivity contribution in [2.75, 3.05) is 6.61 Å². The molecule has 2 fully saturated rings. The minimum absolute atomic E-state index is 0.0795. The van der Waals surface area contributed by atoms with E-state index in [1.54, 1.807) is 11.3 Å². The Morgan fingerprint density at radius 2 is 2.25 bits per heavy atom. The average molecular weight is 294 g/mol. The van der Waals surface area contributed by atoms with Crippen molar-refractivity contribution in [3.63, 3.8) is 0 Å². The highest BCUT2D eigenvalue weighted by atomic mass is 32.1. The molecule has 2 bridgehead atoms. The van der Waals surface area contributed by atoms with Crippen LogP contribution in [-0.2, 0) is 0 Å². The predicted molar refractivity (Wildman–Crippen MR) is 78.9 cm³/mol. The first kappa shape index (κ1) is 14.0. The molecule has 2 N–H and O–H groups in total. The number of aromatic nitrogens is 1. The molecule has 0 saturated heterocycles. The van der Waals surface area contributed by atoms with E-state index in [1.165, 1.54) is 12.8 Å². The van der Waals surface area contributed by atoms with Gasteiger partial charge in [0.15, 0.2) is 0 Å². The zero-order valence-corrected chi connectivity index (χ0v) is 12.8. The number of hydrogen-bond donors (Lipinski definition) is 2. The quantitative estimate of drug-likeness (QED) is 0.896. The molecular formula is C15H22N2O2S. The Labute approximate surface area is 123 Å². The minimum atomic E-state index is -0.0795. The summed E-state index contributed by atoms with van der Waals surface area (Å²) in [5.74, 6) is 1.65. The standard InChI is InChI=1S/C15H22N2O2S/c1-8(2)15-16-12(7-20-15)14(19)17-13-10-4-3-9(5-10)11(13)6-18/h7-11,13,18H,3-6H2,1-2H3,(H,17,19). The van der Waals surface area contributed by atoms with Crippen LogP contribution in [0.2, 0.25) is 0 Å². The maximum absolute atomic E-state index is 12.3. The average Bonchev–Trinajstić information content (AvgIpc) is 3.13. The molecule has 5 heteroatoms. The highest BCUT2D eigenvalue weighted by Crippen LogP contribution is 2.48. The fourth-order valence-electron chi connectivity index (χ4n) is 3.78. The molecule has 1 aromatic heterocycles. The third-order valence-electron chi connectivity index (χ3n) is 4.85. The Bertz CT molecular complexity index is 500. The van der Waals surface area contributed by atoms with Crippen LogP contribution in [0.25, 0.3) is 0 Å². The highest BCUT2D eigenvalue weighted by molar-refractivity contribution is 7.09. The molecule has 0 radical (unpaired) electrons. The van der Waals surface area contributed by atoms with E-state index in [4.69, 9.17) is 0 Å². The summed E-state index contributed by atoms with van der Waals surface area (Å²) in [6, 6.07) is 0.135. The van der Waals surface area contributed by atoms with Crippen molar-refractivity contribution in [2.24, 2.45) is 17.8 Å². The van der Waals surface area contributed by atoms with Crippen LogP contribution in [0.1, 0.15) is 54.5 Å². The van der Waals surface area contributed by atoms with Crippen LogP contribution < -0.4 is 5.32 Å². The zero-order chi connectivity index (χ0) is 14.3. The Morgan fingerprint density at radius 1 is 1.50 bits per heavy atom. The lowest BCUT2D eigenvalue weighted by molar-refractivity contribution is 0.0857. The van der Waals surface area contributed by atoms with Gasteiger partial charge in [-0.05, 0) is 31.1 Å². The molecule has 2 aliphatic carbocycles. The van der Waals surface area contributed by atoms with Gasteiger partial charge in [0.25, 0.3) is 5.91 Å². The van der Waals surface area contributed by atoms with Gasteiger partial charge in [-0.3, -0.25) is 4.79 Å². The van der Waals surface area contributed by atoms with Gasteiger partial charge >= 0.3 is 0 Å². The lowest BCUT2D eigenvalue weighted by atomic mass is 9.85. The van der Waals surface area contributed by atoms with E-state index in [0.717, 1.165) is 11.4 Å². The number of fused-ring (bicyclic) bond motifs is 2. The molecule has 1 amide bonds. The molecule has 0 aliphatic heterocycles. The number of aliphatic hydroxyl groups is 1. The van der Waals surface area contributed by atoms with Gasteiger partial charge < -0.3 is 10.4 Å². The lowest BCUT2D eigenvalue weighted by Gasteiger charge is -2.30. The summed E-state index contributed by atoms with van der Waals surface area (Å²) in [7, 11) is 0. The molecule has 4 atom stereocenters. The number of carbonyl (C=O) groups excluding carboxylic acids is 1. The second-order valence-corrected chi connectivity index (χ2v) is 7.29. The molecule has 2 saturated carbocycles. The third kappa shape index (κ3) is 2.37. The van der Waals surface area contributed by atoms with Crippen molar-refractivity contribution in [1.29, 1.82) is 0 Å². The van der Waals surface area contributed by atoms with Gasteiger partial charge in [0.1, 0.15) is 5.69 Å². The molecule has 0 aromatic carbocycles. The number of aliphatic hydroxyl groups excluding tert-OH is 1. The van der Waals surface area contributed by atoms with Crippen molar-refractivity contribution in [2.45, 2.75) is 45.1 Å². The van der Waals surface area contributed by atoms with Gasteiger partial charge in [-0.25, -0.2) is 4.98 Å². The fraction of sp³-hybridized carbons (Fsp3) is 0.733. The molecule has 4 unspecified atom stereocenters. The smallest absolute Gasteiger partial charge is 0.270 e. The van der Waals surface area contributed by atoms with Crippen LogP contribution in [-0.4, -0.2) is 28.6 Å². The van der Waals surface area contributed by atoms with Crippen molar-refractivity contribution in [3.05, 3.63) is 16.1 Å². The van der Waals surface area contributed by atoms with Crippen LogP contribution in [0.3, 0.4) is 0 Å². The summed E-state index contributed by atoms with van der Waals surface area (Å²) < 4.78 is 0. The lowest BCUT2D eigenvalue weighted by Crippen LogP contribution is -2.45. The van der Waals surface area contributed by atoms with Crippen LogP contribution in [0.5, 0.6) is 0 Å². The highest BCUT2D eigenvalue weighted by Gasteiger charge is 2.47. The van der Waals surface area contributed by atoms with Gasteiger partial charge in [0.05, 0.1) is 5.01 Å². The second kappa shape index (κ2) is 5.45. The van der Waals surface area contributed by atoms with Gasteiger partial charge in [0.2, 0.25) is 0 Å². The Balaban J connectivity index is 1.69. The first-order valence-corrected chi connectivity index (χ1v) is 8.35. The van der Waals surface area contributed by atoms with Crippen LogP contribution >= 0.6 is 11.3 Å². The van der Waals surface area contributed by atoms with E-state index in [9.17, 15) is 9.90 Å². The normalized spacial score (nSPS) is 32.0. The van der Waals surface area contributed by atoms with Crippen LogP contribution in [0.15, 0.2) is 5.38 Å². The van der Waals surface area contributed by atoms with Gasteiger partial charge in [-0.15, -0.1) is 11.3 Å². The summed E-state index contributed by atoms with van der Waals surface area (Å²) in [5.41, 5.74) is 0.526. The third-order valence-corrected chi connectivity index (χ3v) is 5.99. The summed E-state index contributed by atoms with van der Waals surface area (Å²) in [6.45, 7) is 4.34. The molecule has 0 spiro atoms. The van der Waals surface area contributed by atoms with E-state index in [2.05, 4.69) is 24.1 Å².